The molecule has 0 aromatic heterocycles. The van der Waals surface area contributed by atoms with Crippen LogP contribution in [-0.2, 0) is 14.4 Å². The van der Waals surface area contributed by atoms with E-state index in [4.69, 9.17) is 9.57 Å². The first-order valence-corrected chi connectivity index (χ1v) is 8.94. The van der Waals surface area contributed by atoms with Crippen LogP contribution in [0.5, 0.6) is 0 Å². The van der Waals surface area contributed by atoms with Gasteiger partial charge in [0.1, 0.15) is 18.5 Å². The van der Waals surface area contributed by atoms with Crippen molar-refractivity contribution in [2.45, 2.75) is 78.7 Å². The van der Waals surface area contributed by atoms with Crippen molar-refractivity contribution in [2.24, 2.45) is 5.41 Å². The van der Waals surface area contributed by atoms with Crippen molar-refractivity contribution < 1.29 is 14.4 Å². The molecule has 1 aliphatic heterocycles. The van der Waals surface area contributed by atoms with Gasteiger partial charge in [-0.15, -0.1) is 0 Å². The van der Waals surface area contributed by atoms with E-state index in [1.54, 1.807) is 0 Å². The Kier molecular flexibility index (Phi) is 9.26. The SMILES string of the molecule is CCCCCCCCCOCC(=O)NC1=CC(C(C)(C)C)ON1. The number of carbonyl (C=O) groups is 1. The third kappa shape index (κ3) is 8.96. The molecule has 0 aromatic rings. The fourth-order valence-electron chi connectivity index (χ4n) is 2.35. The van der Waals surface area contributed by atoms with Gasteiger partial charge in [0.25, 0.3) is 5.91 Å². The van der Waals surface area contributed by atoms with Crippen LogP contribution < -0.4 is 10.8 Å². The van der Waals surface area contributed by atoms with Crippen LogP contribution in [0.25, 0.3) is 0 Å². The number of nitrogens with one attached hydrogen (secondary N) is 2. The third-order valence-corrected chi connectivity index (χ3v) is 3.87. The molecule has 2 N–H and O–H groups in total. The van der Waals surface area contributed by atoms with E-state index in [1.807, 2.05) is 6.08 Å². The number of hydroxylamine groups is 1. The Morgan fingerprint density at radius 3 is 2.48 bits per heavy atom. The van der Waals surface area contributed by atoms with Crippen LogP contribution in [-0.4, -0.2) is 25.2 Å². The second-order valence-corrected chi connectivity index (χ2v) is 7.31. The topological polar surface area (TPSA) is 59.6 Å². The van der Waals surface area contributed by atoms with Gasteiger partial charge in [-0.05, 0) is 17.9 Å². The molecule has 134 valence electrons. The van der Waals surface area contributed by atoms with Gasteiger partial charge >= 0.3 is 0 Å². The van der Waals surface area contributed by atoms with Gasteiger partial charge < -0.3 is 10.1 Å². The Morgan fingerprint density at radius 2 is 1.87 bits per heavy atom. The van der Waals surface area contributed by atoms with Crippen molar-refractivity contribution in [1.29, 1.82) is 0 Å². The summed E-state index contributed by atoms with van der Waals surface area (Å²) in [4.78, 5) is 17.2. The summed E-state index contributed by atoms with van der Waals surface area (Å²) in [6, 6.07) is 0. The maximum Gasteiger partial charge on any atom is 0.251 e. The summed E-state index contributed by atoms with van der Waals surface area (Å²) >= 11 is 0. The monoisotopic (exact) mass is 326 g/mol. The summed E-state index contributed by atoms with van der Waals surface area (Å²) < 4.78 is 5.42. The molecular weight excluding hydrogens is 292 g/mol. The van der Waals surface area contributed by atoms with E-state index in [-0.39, 0.29) is 24.0 Å². The van der Waals surface area contributed by atoms with Crippen LogP contribution in [0.2, 0.25) is 0 Å². The summed E-state index contributed by atoms with van der Waals surface area (Å²) in [7, 11) is 0. The minimum absolute atomic E-state index is 0.00684. The van der Waals surface area contributed by atoms with Gasteiger partial charge in [0, 0.05) is 6.61 Å². The molecule has 0 saturated carbocycles. The van der Waals surface area contributed by atoms with Gasteiger partial charge in [-0.1, -0.05) is 66.2 Å². The average molecular weight is 326 g/mol. The van der Waals surface area contributed by atoms with E-state index in [0.29, 0.717) is 12.4 Å². The number of rotatable bonds is 11. The molecule has 23 heavy (non-hydrogen) atoms. The number of amides is 1. The van der Waals surface area contributed by atoms with Crippen LogP contribution in [0.3, 0.4) is 0 Å². The van der Waals surface area contributed by atoms with E-state index in [1.165, 1.54) is 38.5 Å². The third-order valence-electron chi connectivity index (χ3n) is 3.87. The number of unbranched alkanes of at least 4 members (excludes halogenated alkanes) is 6. The smallest absolute Gasteiger partial charge is 0.251 e. The zero-order chi connectivity index (χ0) is 17.1. The molecule has 0 bridgehead atoms. The predicted octanol–water partition coefficient (Wildman–Crippen LogP) is 3.66. The molecular formula is C18H34N2O3. The first-order chi connectivity index (χ1) is 10.9. The first kappa shape index (κ1) is 20.0. The molecule has 1 unspecified atom stereocenters. The molecule has 1 atom stereocenters. The van der Waals surface area contributed by atoms with Crippen molar-refractivity contribution in [3.05, 3.63) is 11.9 Å². The molecule has 0 fully saturated rings. The molecule has 0 radical (unpaired) electrons. The Hall–Kier alpha value is -1.07. The Balaban J connectivity index is 2.03. The van der Waals surface area contributed by atoms with E-state index in [2.05, 4.69) is 38.5 Å². The number of hydrogen-bond acceptors (Lipinski definition) is 4. The molecule has 0 aromatic carbocycles. The van der Waals surface area contributed by atoms with Gasteiger partial charge in [-0.2, -0.15) is 0 Å². The highest BCUT2D eigenvalue weighted by Crippen LogP contribution is 2.25. The lowest BCUT2D eigenvalue weighted by atomic mass is 9.89. The lowest BCUT2D eigenvalue weighted by Crippen LogP contribution is -2.32. The lowest BCUT2D eigenvalue weighted by Gasteiger charge is -2.22. The van der Waals surface area contributed by atoms with E-state index < -0.39 is 0 Å². The van der Waals surface area contributed by atoms with Crippen molar-refractivity contribution in [3.8, 4) is 0 Å². The van der Waals surface area contributed by atoms with Crippen molar-refractivity contribution in [2.75, 3.05) is 13.2 Å². The molecule has 0 saturated heterocycles. The van der Waals surface area contributed by atoms with Crippen LogP contribution in [0.15, 0.2) is 11.9 Å². The summed E-state index contributed by atoms with van der Waals surface area (Å²) in [5, 5.41) is 2.77. The molecule has 5 nitrogen and oxygen atoms in total. The fraction of sp³-hybridized carbons (Fsp3) is 0.833. The first-order valence-electron chi connectivity index (χ1n) is 8.94. The zero-order valence-corrected chi connectivity index (χ0v) is 15.2. The normalized spacial score (nSPS) is 17.7. The van der Waals surface area contributed by atoms with E-state index in [0.717, 1.165) is 6.42 Å². The Bertz CT molecular complexity index is 375. The van der Waals surface area contributed by atoms with Crippen molar-refractivity contribution in [1.82, 2.24) is 10.8 Å². The van der Waals surface area contributed by atoms with Crippen LogP contribution in [0, 0.1) is 5.41 Å². The van der Waals surface area contributed by atoms with Crippen LogP contribution >= 0.6 is 0 Å². The molecule has 1 heterocycles. The Labute approximate surface area is 141 Å². The second kappa shape index (κ2) is 10.7. The standard InChI is InChI=1S/C18H34N2O3/c1-5-6-7-8-9-10-11-12-22-14-17(21)19-16-13-15(23-20-16)18(2,3)4/h13,15,20H,5-12,14H2,1-4H3,(H,19,21). The van der Waals surface area contributed by atoms with Gasteiger partial charge in [-0.3, -0.25) is 15.1 Å². The van der Waals surface area contributed by atoms with Gasteiger partial charge in [0.2, 0.25) is 0 Å². The summed E-state index contributed by atoms with van der Waals surface area (Å²) in [6.45, 7) is 9.24. The van der Waals surface area contributed by atoms with E-state index in [9.17, 15) is 4.79 Å². The Morgan fingerprint density at radius 1 is 1.22 bits per heavy atom. The number of carbonyl (C=O) groups excluding carboxylic acids is 1. The van der Waals surface area contributed by atoms with Crippen molar-refractivity contribution in [3.63, 3.8) is 0 Å². The lowest BCUT2D eigenvalue weighted by molar-refractivity contribution is -0.125. The van der Waals surface area contributed by atoms with Gasteiger partial charge in [0.15, 0.2) is 0 Å². The average Bonchev–Trinajstić information content (AvgIpc) is 2.94. The largest absolute Gasteiger partial charge is 0.372 e. The van der Waals surface area contributed by atoms with Crippen LogP contribution in [0.4, 0.5) is 0 Å². The van der Waals surface area contributed by atoms with E-state index >= 15 is 0 Å². The zero-order valence-electron chi connectivity index (χ0n) is 15.2. The minimum atomic E-state index is -0.148. The quantitative estimate of drug-likeness (QED) is 0.569. The summed E-state index contributed by atoms with van der Waals surface area (Å²) in [5.74, 6) is 0.458. The number of hydrogen-bond donors (Lipinski definition) is 2. The fourth-order valence-corrected chi connectivity index (χ4v) is 2.35. The molecule has 1 rings (SSSR count). The summed E-state index contributed by atoms with van der Waals surface area (Å²) in [5.41, 5.74) is 2.75. The highest BCUT2D eigenvalue weighted by Gasteiger charge is 2.29. The molecule has 0 aliphatic carbocycles. The highest BCUT2D eigenvalue weighted by molar-refractivity contribution is 5.78. The summed E-state index contributed by atoms with van der Waals surface area (Å²) in [6.07, 6.45) is 10.6. The van der Waals surface area contributed by atoms with Crippen LogP contribution in [0.1, 0.15) is 72.6 Å². The molecule has 1 amide bonds. The molecule has 0 spiro atoms. The maximum atomic E-state index is 11.8. The number of ether oxygens (including phenoxy) is 1. The second-order valence-electron chi connectivity index (χ2n) is 7.31. The van der Waals surface area contributed by atoms with Gasteiger partial charge in [0.05, 0.1) is 0 Å². The molecule has 1 aliphatic rings. The van der Waals surface area contributed by atoms with Gasteiger partial charge in [-0.25, -0.2) is 0 Å². The predicted molar refractivity (Wildman–Crippen MR) is 92.5 cm³/mol. The molecule has 5 heteroatoms. The maximum absolute atomic E-state index is 11.8. The highest BCUT2D eigenvalue weighted by atomic mass is 16.7. The minimum Gasteiger partial charge on any atom is -0.372 e. The van der Waals surface area contributed by atoms with Crippen molar-refractivity contribution >= 4 is 5.91 Å².